The minimum Gasteiger partial charge on any atom is -0.481 e. The average molecular weight is 236 g/mol. The number of hydrogen-bond donors (Lipinski definition) is 1. The fourth-order valence-corrected chi connectivity index (χ4v) is 3.95. The number of rotatable bonds is 2. The zero-order valence-corrected chi connectivity index (χ0v) is 10.4. The summed E-state index contributed by atoms with van der Waals surface area (Å²) >= 11 is 0. The van der Waals surface area contributed by atoms with Gasteiger partial charge in [-0.3, -0.25) is 4.79 Å². The minimum absolute atomic E-state index is 0.182. The Hall–Kier alpha value is -0.870. The molecule has 0 aliphatic carbocycles. The second kappa shape index (κ2) is 3.82. The molecule has 0 radical (unpaired) electrons. The maximum absolute atomic E-state index is 10.7. The van der Waals surface area contributed by atoms with Gasteiger partial charge in [-0.1, -0.05) is 18.6 Å². The van der Waals surface area contributed by atoms with Crippen LogP contribution < -0.4 is 0 Å². The molecular weight excluding hydrogens is 216 g/mol. The third kappa shape index (κ3) is 1.89. The predicted octanol–water partition coefficient (Wildman–Crippen LogP) is 0.655. The Morgan fingerprint density at radius 2 is 2.00 bits per heavy atom. The van der Waals surface area contributed by atoms with E-state index in [4.69, 9.17) is 5.11 Å². The number of nitrogens with zero attached hydrogens (tertiary/aromatic N) is 2. The number of piperidine rings is 2. The maximum atomic E-state index is 10.7. The van der Waals surface area contributed by atoms with E-state index in [-0.39, 0.29) is 11.8 Å². The molecule has 0 aromatic carbocycles. The summed E-state index contributed by atoms with van der Waals surface area (Å²) in [7, 11) is 0. The molecule has 4 heteroatoms. The summed E-state index contributed by atoms with van der Waals surface area (Å²) < 4.78 is 0. The third-order valence-corrected chi connectivity index (χ3v) is 4.47. The van der Waals surface area contributed by atoms with Crippen molar-refractivity contribution in [1.82, 2.24) is 9.80 Å². The van der Waals surface area contributed by atoms with Crippen molar-refractivity contribution in [2.45, 2.75) is 13.3 Å². The van der Waals surface area contributed by atoms with Crippen molar-refractivity contribution in [2.24, 2.45) is 11.3 Å². The van der Waals surface area contributed by atoms with Gasteiger partial charge >= 0.3 is 5.97 Å². The molecule has 4 rings (SSSR count). The number of fused-ring (bicyclic) bond motifs is 1. The molecule has 1 N–H and O–H groups in total. The lowest BCUT2D eigenvalue weighted by Crippen LogP contribution is -2.55. The van der Waals surface area contributed by atoms with E-state index >= 15 is 0 Å². The fraction of sp³-hybridized carbons (Fsp3) is 0.769. The molecule has 0 aromatic rings. The van der Waals surface area contributed by atoms with Crippen molar-refractivity contribution >= 4 is 5.97 Å². The Kier molecular flexibility index (Phi) is 2.52. The van der Waals surface area contributed by atoms with Gasteiger partial charge in [0.1, 0.15) is 0 Å². The number of carboxylic acid groups (broad SMARTS) is 1. The lowest BCUT2D eigenvalue weighted by molar-refractivity contribution is -0.136. The monoisotopic (exact) mass is 236 g/mol. The molecule has 94 valence electrons. The Bertz CT molecular complexity index is 362. The van der Waals surface area contributed by atoms with Gasteiger partial charge in [0.25, 0.3) is 0 Å². The van der Waals surface area contributed by atoms with E-state index in [1.807, 2.05) is 6.08 Å². The molecule has 4 nitrogen and oxygen atoms in total. The van der Waals surface area contributed by atoms with Crippen LogP contribution in [0, 0.1) is 11.3 Å². The Morgan fingerprint density at radius 3 is 2.47 bits per heavy atom. The first-order valence-corrected chi connectivity index (χ1v) is 6.44. The Morgan fingerprint density at radius 1 is 1.41 bits per heavy atom. The highest BCUT2D eigenvalue weighted by Gasteiger charge is 2.47. The van der Waals surface area contributed by atoms with Crippen molar-refractivity contribution < 1.29 is 9.90 Å². The average Bonchev–Trinajstić information content (AvgIpc) is 2.44. The third-order valence-electron chi connectivity index (χ3n) is 4.47. The van der Waals surface area contributed by atoms with Crippen LogP contribution in [0.25, 0.3) is 0 Å². The number of aliphatic carboxylic acids is 1. The first-order chi connectivity index (χ1) is 8.07. The minimum atomic E-state index is -0.715. The SMILES string of the molecule is CC12CN3CCN(CC(C3)/C1=C\CC(=O)O)C2. The summed E-state index contributed by atoms with van der Waals surface area (Å²) in [5.74, 6) is -0.155. The van der Waals surface area contributed by atoms with E-state index in [1.165, 1.54) is 18.7 Å². The summed E-state index contributed by atoms with van der Waals surface area (Å²) in [6.07, 6.45) is 2.18. The molecule has 4 aliphatic rings. The Labute approximate surface area is 102 Å². The summed E-state index contributed by atoms with van der Waals surface area (Å²) in [6, 6.07) is 0. The van der Waals surface area contributed by atoms with Crippen LogP contribution in [-0.4, -0.2) is 60.1 Å². The number of carboxylic acids is 1. The van der Waals surface area contributed by atoms with Gasteiger partial charge in [-0.25, -0.2) is 0 Å². The quantitative estimate of drug-likeness (QED) is 0.715. The van der Waals surface area contributed by atoms with Crippen LogP contribution in [0.3, 0.4) is 0 Å². The van der Waals surface area contributed by atoms with E-state index < -0.39 is 5.97 Å². The summed E-state index contributed by atoms with van der Waals surface area (Å²) in [4.78, 5) is 15.8. The highest BCUT2D eigenvalue weighted by atomic mass is 16.4. The van der Waals surface area contributed by atoms with Gasteiger partial charge in [0, 0.05) is 50.6 Å². The molecule has 0 aromatic heterocycles. The largest absolute Gasteiger partial charge is 0.481 e. The van der Waals surface area contributed by atoms with Gasteiger partial charge in [0.15, 0.2) is 0 Å². The van der Waals surface area contributed by atoms with Gasteiger partial charge in [-0.2, -0.15) is 0 Å². The molecule has 4 heterocycles. The van der Waals surface area contributed by atoms with Crippen LogP contribution in [0.1, 0.15) is 13.3 Å². The molecule has 4 aliphatic heterocycles. The van der Waals surface area contributed by atoms with Crippen LogP contribution >= 0.6 is 0 Å². The summed E-state index contributed by atoms with van der Waals surface area (Å²) in [5.41, 5.74) is 1.60. The van der Waals surface area contributed by atoms with Gasteiger partial charge in [0.2, 0.25) is 0 Å². The lowest BCUT2D eigenvalue weighted by Gasteiger charge is -2.50. The van der Waals surface area contributed by atoms with E-state index in [0.717, 1.165) is 26.2 Å². The van der Waals surface area contributed by atoms with E-state index in [0.29, 0.717) is 5.92 Å². The molecule has 4 bridgehead atoms. The zero-order chi connectivity index (χ0) is 12.0. The second-order valence-electron chi connectivity index (χ2n) is 5.99. The van der Waals surface area contributed by atoms with Crippen molar-refractivity contribution in [1.29, 1.82) is 0 Å². The molecule has 2 unspecified atom stereocenters. The van der Waals surface area contributed by atoms with Gasteiger partial charge in [-0.05, 0) is 0 Å². The number of carbonyl (C=O) groups is 1. The standard InChI is InChI=1S/C13H20N2O2/c1-13-8-14-4-5-15(9-13)7-10(6-14)11(13)2-3-12(16)17/h2,10H,3-9H2,1H3,(H,16,17)/b11-2+. The first kappa shape index (κ1) is 11.2. The summed E-state index contributed by atoms with van der Waals surface area (Å²) in [5, 5.41) is 8.84. The van der Waals surface area contributed by atoms with Crippen molar-refractivity contribution in [2.75, 3.05) is 39.3 Å². The number of hydrogen-bond acceptors (Lipinski definition) is 3. The molecular formula is C13H20N2O2. The van der Waals surface area contributed by atoms with Crippen LogP contribution in [0.4, 0.5) is 0 Å². The van der Waals surface area contributed by atoms with Gasteiger partial charge in [0.05, 0.1) is 6.42 Å². The molecule has 0 spiro atoms. The molecule has 17 heavy (non-hydrogen) atoms. The van der Waals surface area contributed by atoms with Crippen molar-refractivity contribution in [3.05, 3.63) is 11.6 Å². The molecule has 2 atom stereocenters. The molecule has 4 fully saturated rings. The van der Waals surface area contributed by atoms with E-state index in [1.54, 1.807) is 0 Å². The Balaban J connectivity index is 1.91. The van der Waals surface area contributed by atoms with Gasteiger partial charge in [-0.15, -0.1) is 0 Å². The van der Waals surface area contributed by atoms with Crippen molar-refractivity contribution in [3.63, 3.8) is 0 Å². The van der Waals surface area contributed by atoms with E-state index in [9.17, 15) is 4.79 Å². The lowest BCUT2D eigenvalue weighted by atomic mass is 9.69. The van der Waals surface area contributed by atoms with Crippen LogP contribution in [0.2, 0.25) is 0 Å². The highest BCUT2D eigenvalue weighted by molar-refractivity contribution is 5.68. The smallest absolute Gasteiger partial charge is 0.307 e. The van der Waals surface area contributed by atoms with Crippen molar-refractivity contribution in [3.8, 4) is 0 Å². The second-order valence-corrected chi connectivity index (χ2v) is 5.99. The van der Waals surface area contributed by atoms with E-state index in [2.05, 4.69) is 16.7 Å². The van der Waals surface area contributed by atoms with Crippen LogP contribution in [-0.2, 0) is 4.79 Å². The summed E-state index contributed by atoms with van der Waals surface area (Å²) in [6.45, 7) is 9.11. The normalized spacial score (nSPS) is 46.2. The topological polar surface area (TPSA) is 43.8 Å². The predicted molar refractivity (Wildman–Crippen MR) is 64.8 cm³/mol. The van der Waals surface area contributed by atoms with Crippen LogP contribution in [0.5, 0.6) is 0 Å². The maximum Gasteiger partial charge on any atom is 0.307 e. The first-order valence-electron chi connectivity index (χ1n) is 6.44. The molecule has 0 saturated carbocycles. The zero-order valence-electron chi connectivity index (χ0n) is 10.4. The molecule has 4 saturated heterocycles. The van der Waals surface area contributed by atoms with Gasteiger partial charge < -0.3 is 14.9 Å². The fourth-order valence-electron chi connectivity index (χ4n) is 3.95. The highest BCUT2D eigenvalue weighted by Crippen LogP contribution is 2.44. The van der Waals surface area contributed by atoms with Crippen LogP contribution in [0.15, 0.2) is 11.6 Å². The molecule has 0 amide bonds.